The lowest BCUT2D eigenvalue weighted by Crippen LogP contribution is -2.28. The zero-order valence-corrected chi connectivity index (χ0v) is 9.85. The van der Waals surface area contributed by atoms with E-state index in [1.807, 2.05) is 0 Å². The number of hydrogen-bond acceptors (Lipinski definition) is 3. The normalized spacial score (nSPS) is 10.6. The Morgan fingerprint density at radius 2 is 1.93 bits per heavy atom. The van der Waals surface area contributed by atoms with Crippen molar-refractivity contribution in [3.05, 3.63) is 28.8 Å². The molecule has 0 radical (unpaired) electrons. The van der Waals surface area contributed by atoms with E-state index in [0.29, 0.717) is 0 Å². The topological polar surface area (TPSA) is 50.1 Å². The first kappa shape index (κ1) is 12.0. The van der Waals surface area contributed by atoms with Gasteiger partial charge >= 0.3 is 0 Å². The number of anilines is 1. The van der Waals surface area contributed by atoms with Gasteiger partial charge in [0.05, 0.1) is 0 Å². The van der Waals surface area contributed by atoms with Gasteiger partial charge in [-0.2, -0.15) is 0 Å². The number of rotatable bonds is 5. The van der Waals surface area contributed by atoms with Crippen molar-refractivity contribution in [3.63, 3.8) is 0 Å². The van der Waals surface area contributed by atoms with Crippen molar-refractivity contribution in [2.45, 2.75) is 27.3 Å². The molecule has 0 unspecified atom stereocenters. The van der Waals surface area contributed by atoms with E-state index in [-0.39, 0.29) is 0 Å². The van der Waals surface area contributed by atoms with Gasteiger partial charge in [0.25, 0.3) is 0 Å². The molecule has 0 fully saturated rings. The molecular weight excluding hydrogens is 186 g/mol. The highest BCUT2D eigenvalue weighted by molar-refractivity contribution is 5.54. The van der Waals surface area contributed by atoms with Gasteiger partial charge in [-0.15, -0.1) is 0 Å². The van der Waals surface area contributed by atoms with Gasteiger partial charge in [0, 0.05) is 18.9 Å². The van der Waals surface area contributed by atoms with Crippen LogP contribution >= 0.6 is 0 Å². The summed E-state index contributed by atoms with van der Waals surface area (Å²) in [6, 6.07) is 4.25. The molecule has 0 aromatic heterocycles. The summed E-state index contributed by atoms with van der Waals surface area (Å²) in [5.41, 5.74) is 10.5. The summed E-state index contributed by atoms with van der Waals surface area (Å²) >= 11 is 0. The Labute approximate surface area is 92.1 Å². The highest BCUT2D eigenvalue weighted by atomic mass is 15.0. The number of benzene rings is 1. The highest BCUT2D eigenvalue weighted by Gasteiger charge is 2.02. The first-order valence-electron chi connectivity index (χ1n) is 5.42. The van der Waals surface area contributed by atoms with Crippen molar-refractivity contribution in [3.8, 4) is 0 Å². The zero-order chi connectivity index (χ0) is 11.3. The van der Waals surface area contributed by atoms with Crippen molar-refractivity contribution in [2.75, 3.05) is 18.9 Å². The summed E-state index contributed by atoms with van der Waals surface area (Å²) in [6.07, 6.45) is 0. The van der Waals surface area contributed by atoms with Gasteiger partial charge in [-0.05, 0) is 31.5 Å². The van der Waals surface area contributed by atoms with Crippen LogP contribution in [-0.4, -0.2) is 13.2 Å². The smallest absolute Gasteiger partial charge is 0.0456 e. The molecule has 0 bridgehead atoms. The van der Waals surface area contributed by atoms with Crippen LogP contribution < -0.4 is 16.4 Å². The SMILES string of the molecule is CCNCNCc1cc(C)cc(C)c1N. The van der Waals surface area contributed by atoms with Gasteiger partial charge in [0.1, 0.15) is 0 Å². The number of nitrogen functional groups attached to an aromatic ring is 1. The van der Waals surface area contributed by atoms with E-state index in [0.717, 1.165) is 31.0 Å². The van der Waals surface area contributed by atoms with E-state index in [1.165, 1.54) is 11.1 Å². The molecule has 0 spiro atoms. The molecular formula is C12H21N3. The summed E-state index contributed by atoms with van der Waals surface area (Å²) in [5, 5.41) is 6.52. The van der Waals surface area contributed by atoms with Crippen LogP contribution in [0.3, 0.4) is 0 Å². The van der Waals surface area contributed by atoms with Crippen molar-refractivity contribution >= 4 is 5.69 Å². The zero-order valence-electron chi connectivity index (χ0n) is 9.85. The Kier molecular flexibility index (Phi) is 4.59. The second kappa shape index (κ2) is 5.73. The second-order valence-electron chi connectivity index (χ2n) is 3.86. The summed E-state index contributed by atoms with van der Waals surface area (Å²) in [5.74, 6) is 0. The lowest BCUT2D eigenvalue weighted by Gasteiger charge is -2.11. The summed E-state index contributed by atoms with van der Waals surface area (Å²) in [4.78, 5) is 0. The second-order valence-corrected chi connectivity index (χ2v) is 3.86. The largest absolute Gasteiger partial charge is 0.398 e. The molecule has 0 aliphatic rings. The number of aryl methyl sites for hydroxylation is 2. The maximum Gasteiger partial charge on any atom is 0.0456 e. The Hall–Kier alpha value is -1.06. The van der Waals surface area contributed by atoms with E-state index in [2.05, 4.69) is 43.5 Å². The Morgan fingerprint density at radius 1 is 1.20 bits per heavy atom. The van der Waals surface area contributed by atoms with Gasteiger partial charge in [-0.1, -0.05) is 24.6 Å². The predicted molar refractivity (Wildman–Crippen MR) is 65.7 cm³/mol. The molecule has 0 aliphatic carbocycles. The fourth-order valence-corrected chi connectivity index (χ4v) is 1.62. The van der Waals surface area contributed by atoms with E-state index in [4.69, 9.17) is 5.73 Å². The average Bonchev–Trinajstić information content (AvgIpc) is 2.19. The van der Waals surface area contributed by atoms with Crippen molar-refractivity contribution in [1.29, 1.82) is 0 Å². The molecule has 3 heteroatoms. The third kappa shape index (κ3) is 3.53. The van der Waals surface area contributed by atoms with Crippen molar-refractivity contribution in [1.82, 2.24) is 10.6 Å². The van der Waals surface area contributed by atoms with Crippen LogP contribution in [-0.2, 0) is 6.54 Å². The lowest BCUT2D eigenvalue weighted by molar-refractivity contribution is 0.598. The van der Waals surface area contributed by atoms with Crippen LogP contribution in [0.2, 0.25) is 0 Å². The molecule has 0 heterocycles. The molecule has 0 saturated carbocycles. The molecule has 1 rings (SSSR count). The predicted octanol–water partition coefficient (Wildman–Crippen LogP) is 1.54. The Morgan fingerprint density at radius 3 is 2.60 bits per heavy atom. The third-order valence-electron chi connectivity index (χ3n) is 2.43. The highest BCUT2D eigenvalue weighted by Crippen LogP contribution is 2.18. The number of nitrogens with two attached hydrogens (primary N) is 1. The molecule has 0 aliphatic heterocycles. The lowest BCUT2D eigenvalue weighted by atomic mass is 10.0. The fraction of sp³-hybridized carbons (Fsp3) is 0.500. The molecule has 0 saturated heterocycles. The van der Waals surface area contributed by atoms with Crippen LogP contribution in [0.1, 0.15) is 23.6 Å². The quantitative estimate of drug-likeness (QED) is 0.390. The van der Waals surface area contributed by atoms with E-state index < -0.39 is 0 Å². The summed E-state index contributed by atoms with van der Waals surface area (Å²) in [7, 11) is 0. The minimum Gasteiger partial charge on any atom is -0.398 e. The molecule has 0 amide bonds. The molecule has 1 aromatic rings. The van der Waals surface area contributed by atoms with Crippen LogP contribution in [0.25, 0.3) is 0 Å². The molecule has 0 atom stereocenters. The molecule has 15 heavy (non-hydrogen) atoms. The van der Waals surface area contributed by atoms with E-state index >= 15 is 0 Å². The van der Waals surface area contributed by atoms with Crippen LogP contribution in [0, 0.1) is 13.8 Å². The van der Waals surface area contributed by atoms with Crippen LogP contribution in [0.5, 0.6) is 0 Å². The van der Waals surface area contributed by atoms with Crippen molar-refractivity contribution in [2.24, 2.45) is 0 Å². The monoisotopic (exact) mass is 207 g/mol. The molecule has 1 aromatic carbocycles. The Balaban J connectivity index is 2.60. The summed E-state index contributed by atoms with van der Waals surface area (Å²) in [6.45, 7) is 8.86. The first-order chi connectivity index (χ1) is 7.15. The third-order valence-corrected chi connectivity index (χ3v) is 2.43. The van der Waals surface area contributed by atoms with Crippen LogP contribution in [0.4, 0.5) is 5.69 Å². The molecule has 3 nitrogen and oxygen atoms in total. The molecule has 4 N–H and O–H groups in total. The molecule has 84 valence electrons. The van der Waals surface area contributed by atoms with Crippen LogP contribution in [0.15, 0.2) is 12.1 Å². The maximum absolute atomic E-state index is 6.01. The van der Waals surface area contributed by atoms with Gasteiger partial charge in [-0.25, -0.2) is 0 Å². The Bertz CT molecular complexity index is 321. The average molecular weight is 207 g/mol. The maximum atomic E-state index is 6.01. The van der Waals surface area contributed by atoms with Gasteiger partial charge in [0.15, 0.2) is 0 Å². The fourth-order valence-electron chi connectivity index (χ4n) is 1.62. The first-order valence-corrected chi connectivity index (χ1v) is 5.42. The van der Waals surface area contributed by atoms with Gasteiger partial charge in [-0.3, -0.25) is 0 Å². The van der Waals surface area contributed by atoms with E-state index in [1.54, 1.807) is 0 Å². The standard InChI is InChI=1S/C12H21N3/c1-4-14-8-15-7-11-6-9(2)5-10(3)12(11)13/h5-6,14-15H,4,7-8,13H2,1-3H3. The number of nitrogens with one attached hydrogen (secondary N) is 2. The minimum atomic E-state index is 0.821. The number of hydrogen-bond donors (Lipinski definition) is 3. The van der Waals surface area contributed by atoms with Gasteiger partial charge < -0.3 is 16.4 Å². The minimum absolute atomic E-state index is 0.821. The van der Waals surface area contributed by atoms with Gasteiger partial charge in [0.2, 0.25) is 0 Å². The van der Waals surface area contributed by atoms with E-state index in [9.17, 15) is 0 Å². The van der Waals surface area contributed by atoms with Crippen molar-refractivity contribution < 1.29 is 0 Å². The summed E-state index contributed by atoms with van der Waals surface area (Å²) < 4.78 is 0.